The van der Waals surface area contributed by atoms with Crippen molar-refractivity contribution in [2.24, 2.45) is 7.05 Å². The Morgan fingerprint density at radius 2 is 2.09 bits per heavy atom. The molecule has 1 aromatic carbocycles. The van der Waals surface area contributed by atoms with Crippen molar-refractivity contribution in [3.8, 4) is 22.8 Å². The minimum atomic E-state index is -0.454. The summed E-state index contributed by atoms with van der Waals surface area (Å²) >= 11 is 0. The third-order valence-corrected chi connectivity index (χ3v) is 6.05. The molecule has 0 unspecified atom stereocenters. The van der Waals surface area contributed by atoms with Gasteiger partial charge in [-0.3, -0.25) is 14.1 Å². The van der Waals surface area contributed by atoms with Crippen LogP contribution in [0.5, 0.6) is 11.6 Å². The minimum Gasteiger partial charge on any atom is -0.490 e. The van der Waals surface area contributed by atoms with Crippen molar-refractivity contribution in [1.82, 2.24) is 24.0 Å². The van der Waals surface area contributed by atoms with E-state index in [1.807, 2.05) is 21.0 Å². The summed E-state index contributed by atoms with van der Waals surface area (Å²) in [5.74, 6) is 0.415. The van der Waals surface area contributed by atoms with Crippen molar-refractivity contribution < 1.29 is 13.9 Å². The second kappa shape index (κ2) is 8.15. The highest BCUT2D eigenvalue weighted by atomic mass is 19.1. The molecule has 3 aromatic heterocycles. The summed E-state index contributed by atoms with van der Waals surface area (Å²) in [6, 6.07) is 4.68. The summed E-state index contributed by atoms with van der Waals surface area (Å²) in [6.07, 6.45) is 4.08. The number of ether oxygens (including phenoxy) is 2. The number of halogens is 1. The van der Waals surface area contributed by atoms with Gasteiger partial charge in [0.25, 0.3) is 0 Å². The SMILES string of the molecule is C[C@@H]1COc2c(-c3ccc(OCCCN(C)C)nc3)c(F)cc3ncc4c(c23)n1c(=O)n4C. The van der Waals surface area contributed by atoms with E-state index in [0.717, 1.165) is 13.0 Å². The first-order valence-corrected chi connectivity index (χ1v) is 11.0. The Bertz CT molecular complexity index is 1410. The van der Waals surface area contributed by atoms with Gasteiger partial charge >= 0.3 is 5.69 Å². The Hall–Kier alpha value is -3.46. The van der Waals surface area contributed by atoms with Crippen molar-refractivity contribution in [2.45, 2.75) is 19.4 Å². The largest absolute Gasteiger partial charge is 0.490 e. The van der Waals surface area contributed by atoms with E-state index < -0.39 is 5.82 Å². The summed E-state index contributed by atoms with van der Waals surface area (Å²) in [7, 11) is 5.75. The smallest absolute Gasteiger partial charge is 0.329 e. The molecular formula is C24H26FN5O3. The van der Waals surface area contributed by atoms with Gasteiger partial charge in [-0.25, -0.2) is 14.2 Å². The minimum absolute atomic E-state index is 0.147. The fraction of sp³-hybridized carbons (Fsp3) is 0.375. The molecule has 33 heavy (non-hydrogen) atoms. The molecule has 5 rings (SSSR count). The van der Waals surface area contributed by atoms with Crippen LogP contribution in [0, 0.1) is 5.82 Å². The van der Waals surface area contributed by atoms with Crippen molar-refractivity contribution in [3.63, 3.8) is 0 Å². The molecule has 0 saturated carbocycles. The number of pyridine rings is 2. The van der Waals surface area contributed by atoms with Crippen molar-refractivity contribution in [3.05, 3.63) is 46.9 Å². The van der Waals surface area contributed by atoms with Gasteiger partial charge in [0.1, 0.15) is 18.2 Å². The second-order valence-corrected chi connectivity index (χ2v) is 8.71. The van der Waals surface area contributed by atoms with Crippen molar-refractivity contribution in [2.75, 3.05) is 33.9 Å². The van der Waals surface area contributed by atoms with E-state index in [9.17, 15) is 4.79 Å². The molecule has 1 aliphatic heterocycles. The van der Waals surface area contributed by atoms with E-state index >= 15 is 4.39 Å². The van der Waals surface area contributed by atoms with Gasteiger partial charge in [0, 0.05) is 37.5 Å². The number of benzene rings is 1. The predicted octanol–water partition coefficient (Wildman–Crippen LogP) is 3.37. The lowest BCUT2D eigenvalue weighted by Crippen LogP contribution is -2.27. The third-order valence-electron chi connectivity index (χ3n) is 6.05. The summed E-state index contributed by atoms with van der Waals surface area (Å²) in [5, 5.41) is 0.634. The summed E-state index contributed by atoms with van der Waals surface area (Å²) in [4.78, 5) is 23.8. The molecule has 9 heteroatoms. The van der Waals surface area contributed by atoms with Crippen LogP contribution >= 0.6 is 0 Å². The molecule has 0 radical (unpaired) electrons. The average Bonchev–Trinajstić information content (AvgIpc) is 2.94. The van der Waals surface area contributed by atoms with E-state index in [2.05, 4.69) is 14.9 Å². The van der Waals surface area contributed by atoms with E-state index in [0.29, 0.717) is 51.3 Å². The standard InChI is InChI=1S/C24H26FN5O3/c1-14-13-33-23-20(15-6-7-19(27-11-15)32-9-5-8-28(2)3)16(25)10-17-21(23)22-18(12-26-17)29(4)24(31)30(14)22/h6-7,10-12,14H,5,8-9,13H2,1-4H3/t14-/m1/s1. The Labute approximate surface area is 190 Å². The lowest BCUT2D eigenvalue weighted by molar-refractivity contribution is 0.267. The predicted molar refractivity (Wildman–Crippen MR) is 125 cm³/mol. The van der Waals surface area contributed by atoms with Crippen LogP contribution in [0.2, 0.25) is 0 Å². The molecule has 172 valence electrons. The zero-order valence-electron chi connectivity index (χ0n) is 19.1. The van der Waals surface area contributed by atoms with Crippen LogP contribution in [-0.2, 0) is 7.05 Å². The van der Waals surface area contributed by atoms with E-state index in [1.54, 1.807) is 40.7 Å². The number of aryl methyl sites for hydroxylation is 1. The highest BCUT2D eigenvalue weighted by Crippen LogP contribution is 2.43. The molecule has 1 atom stereocenters. The maximum atomic E-state index is 15.4. The quantitative estimate of drug-likeness (QED) is 0.419. The van der Waals surface area contributed by atoms with E-state index in [4.69, 9.17) is 9.47 Å². The van der Waals surface area contributed by atoms with Crippen LogP contribution < -0.4 is 15.2 Å². The zero-order chi connectivity index (χ0) is 23.3. The van der Waals surface area contributed by atoms with Gasteiger partial charge in [0.15, 0.2) is 0 Å². The number of aromatic nitrogens is 4. The van der Waals surface area contributed by atoms with Crippen LogP contribution in [0.3, 0.4) is 0 Å². The molecule has 1 aliphatic rings. The Kier molecular flexibility index (Phi) is 5.28. The zero-order valence-corrected chi connectivity index (χ0v) is 19.1. The number of imidazole rings is 1. The first kappa shape index (κ1) is 21.4. The Morgan fingerprint density at radius 1 is 1.27 bits per heavy atom. The molecule has 0 saturated heterocycles. The summed E-state index contributed by atoms with van der Waals surface area (Å²) < 4.78 is 30.5. The molecule has 0 aliphatic carbocycles. The fourth-order valence-corrected chi connectivity index (χ4v) is 4.39. The van der Waals surface area contributed by atoms with Gasteiger partial charge in [-0.05, 0) is 33.5 Å². The van der Waals surface area contributed by atoms with Crippen LogP contribution in [-0.4, -0.2) is 57.9 Å². The molecular weight excluding hydrogens is 425 g/mol. The number of hydrogen-bond donors (Lipinski definition) is 0. The topological polar surface area (TPSA) is 74.4 Å². The van der Waals surface area contributed by atoms with E-state index in [1.165, 1.54) is 6.07 Å². The molecule has 0 bridgehead atoms. The molecule has 4 heterocycles. The monoisotopic (exact) mass is 451 g/mol. The maximum absolute atomic E-state index is 15.4. The second-order valence-electron chi connectivity index (χ2n) is 8.71. The Morgan fingerprint density at radius 3 is 2.82 bits per heavy atom. The molecule has 0 amide bonds. The van der Waals surface area contributed by atoms with Crippen LogP contribution in [0.15, 0.2) is 35.4 Å². The fourth-order valence-electron chi connectivity index (χ4n) is 4.39. The number of hydrogen-bond acceptors (Lipinski definition) is 6. The first-order valence-electron chi connectivity index (χ1n) is 11.0. The lowest BCUT2D eigenvalue weighted by Gasteiger charge is -2.15. The maximum Gasteiger partial charge on any atom is 0.329 e. The normalized spacial score (nSPS) is 15.4. The first-order chi connectivity index (χ1) is 15.9. The summed E-state index contributed by atoms with van der Waals surface area (Å²) in [6.45, 7) is 3.63. The number of nitrogens with zero attached hydrogens (tertiary/aromatic N) is 5. The highest BCUT2D eigenvalue weighted by Gasteiger charge is 2.28. The lowest BCUT2D eigenvalue weighted by atomic mass is 10.0. The molecule has 0 N–H and O–H groups in total. The van der Waals surface area contributed by atoms with Gasteiger partial charge in [-0.2, -0.15) is 0 Å². The Balaban J connectivity index is 1.62. The number of rotatable bonds is 6. The molecule has 4 aromatic rings. The molecule has 0 spiro atoms. The highest BCUT2D eigenvalue weighted by molar-refractivity contribution is 6.09. The van der Waals surface area contributed by atoms with E-state index in [-0.39, 0.29) is 18.3 Å². The third kappa shape index (κ3) is 3.52. The molecule has 0 fully saturated rings. The summed E-state index contributed by atoms with van der Waals surface area (Å²) in [5.41, 5.74) is 2.57. The average molecular weight is 452 g/mol. The van der Waals surface area contributed by atoms with Crippen LogP contribution in [0.4, 0.5) is 4.39 Å². The van der Waals surface area contributed by atoms with Gasteiger partial charge in [-0.1, -0.05) is 0 Å². The van der Waals surface area contributed by atoms with Crippen molar-refractivity contribution >= 4 is 21.9 Å². The van der Waals surface area contributed by atoms with Gasteiger partial charge < -0.3 is 14.4 Å². The molecule has 8 nitrogen and oxygen atoms in total. The van der Waals surface area contributed by atoms with Gasteiger partial charge in [-0.15, -0.1) is 0 Å². The van der Waals surface area contributed by atoms with Gasteiger partial charge in [0.05, 0.1) is 46.3 Å². The van der Waals surface area contributed by atoms with Gasteiger partial charge in [0.2, 0.25) is 5.88 Å². The van der Waals surface area contributed by atoms with Crippen LogP contribution in [0.1, 0.15) is 19.4 Å². The van der Waals surface area contributed by atoms with Crippen molar-refractivity contribution in [1.29, 1.82) is 0 Å². The van der Waals surface area contributed by atoms with Crippen LogP contribution in [0.25, 0.3) is 33.1 Å².